The van der Waals surface area contributed by atoms with Crippen molar-refractivity contribution in [2.45, 2.75) is 0 Å². The Balaban J connectivity index is 1.94. The lowest BCUT2D eigenvalue weighted by Gasteiger charge is -2.05. The van der Waals surface area contributed by atoms with Gasteiger partial charge < -0.3 is 14.8 Å². The van der Waals surface area contributed by atoms with Gasteiger partial charge in [0, 0.05) is 23.2 Å². The SMILES string of the molecule is O=C(O)c1cccc(NC(=O)c2coc3ccc([N+](=O)[O-])cc23)c1. The Hall–Kier alpha value is -3.68. The predicted octanol–water partition coefficient (Wildman–Crippen LogP) is 3.29. The van der Waals surface area contributed by atoms with Crippen LogP contribution in [0.25, 0.3) is 11.0 Å². The molecule has 3 aromatic rings. The number of aromatic carboxylic acids is 1. The molecule has 120 valence electrons. The van der Waals surface area contributed by atoms with E-state index in [4.69, 9.17) is 9.52 Å². The summed E-state index contributed by atoms with van der Waals surface area (Å²) >= 11 is 0. The molecule has 8 heteroatoms. The van der Waals surface area contributed by atoms with E-state index in [-0.39, 0.29) is 16.8 Å². The van der Waals surface area contributed by atoms with E-state index in [0.29, 0.717) is 16.7 Å². The number of carbonyl (C=O) groups excluding carboxylic acids is 1. The summed E-state index contributed by atoms with van der Waals surface area (Å²) in [5.74, 6) is -1.67. The fourth-order valence-corrected chi connectivity index (χ4v) is 2.23. The summed E-state index contributed by atoms with van der Waals surface area (Å²) in [7, 11) is 0. The summed E-state index contributed by atoms with van der Waals surface area (Å²) < 4.78 is 5.23. The van der Waals surface area contributed by atoms with Crippen molar-refractivity contribution in [1.82, 2.24) is 0 Å². The van der Waals surface area contributed by atoms with Gasteiger partial charge in [-0.2, -0.15) is 0 Å². The molecule has 0 aliphatic heterocycles. The van der Waals surface area contributed by atoms with E-state index in [1.54, 1.807) is 0 Å². The minimum Gasteiger partial charge on any atom is -0.478 e. The number of hydrogen-bond acceptors (Lipinski definition) is 5. The molecule has 0 unspecified atom stereocenters. The van der Waals surface area contributed by atoms with Crippen LogP contribution in [0.4, 0.5) is 11.4 Å². The molecule has 1 heterocycles. The highest BCUT2D eigenvalue weighted by Gasteiger charge is 2.17. The highest BCUT2D eigenvalue weighted by atomic mass is 16.6. The maximum Gasteiger partial charge on any atom is 0.335 e. The first kappa shape index (κ1) is 15.2. The number of nitro benzene ring substituents is 1. The van der Waals surface area contributed by atoms with Crippen molar-refractivity contribution in [2.24, 2.45) is 0 Å². The van der Waals surface area contributed by atoms with Gasteiger partial charge in [-0.3, -0.25) is 14.9 Å². The van der Waals surface area contributed by atoms with Gasteiger partial charge in [-0.1, -0.05) is 6.07 Å². The van der Waals surface area contributed by atoms with Crippen LogP contribution in [0.3, 0.4) is 0 Å². The largest absolute Gasteiger partial charge is 0.478 e. The lowest BCUT2D eigenvalue weighted by molar-refractivity contribution is -0.384. The van der Waals surface area contributed by atoms with Gasteiger partial charge in [-0.15, -0.1) is 0 Å². The first-order valence-corrected chi connectivity index (χ1v) is 6.76. The number of amides is 1. The number of nitrogens with one attached hydrogen (secondary N) is 1. The number of fused-ring (bicyclic) bond motifs is 1. The predicted molar refractivity (Wildman–Crippen MR) is 84.2 cm³/mol. The highest BCUT2D eigenvalue weighted by molar-refractivity contribution is 6.12. The van der Waals surface area contributed by atoms with Gasteiger partial charge in [0.25, 0.3) is 11.6 Å². The van der Waals surface area contributed by atoms with E-state index in [0.717, 1.165) is 0 Å². The van der Waals surface area contributed by atoms with Gasteiger partial charge in [0.15, 0.2) is 0 Å². The monoisotopic (exact) mass is 326 g/mol. The van der Waals surface area contributed by atoms with E-state index in [9.17, 15) is 19.7 Å². The minimum atomic E-state index is -1.12. The molecule has 1 aromatic heterocycles. The van der Waals surface area contributed by atoms with Crippen molar-refractivity contribution in [1.29, 1.82) is 0 Å². The van der Waals surface area contributed by atoms with Crippen LogP contribution >= 0.6 is 0 Å². The van der Waals surface area contributed by atoms with Crippen LogP contribution in [-0.4, -0.2) is 21.9 Å². The van der Waals surface area contributed by atoms with Crippen molar-refractivity contribution in [2.75, 3.05) is 5.32 Å². The number of hydrogen-bond donors (Lipinski definition) is 2. The summed E-state index contributed by atoms with van der Waals surface area (Å²) in [6.07, 6.45) is 1.20. The lowest BCUT2D eigenvalue weighted by Crippen LogP contribution is -2.12. The van der Waals surface area contributed by atoms with Gasteiger partial charge in [0.2, 0.25) is 0 Å². The molecule has 0 fully saturated rings. The Bertz CT molecular complexity index is 976. The van der Waals surface area contributed by atoms with Gasteiger partial charge in [0.05, 0.1) is 16.1 Å². The van der Waals surface area contributed by atoms with Gasteiger partial charge >= 0.3 is 5.97 Å². The van der Waals surface area contributed by atoms with Crippen molar-refractivity contribution in [3.63, 3.8) is 0 Å². The van der Waals surface area contributed by atoms with Crippen LogP contribution in [-0.2, 0) is 0 Å². The van der Waals surface area contributed by atoms with Crippen molar-refractivity contribution >= 4 is 34.2 Å². The fraction of sp³-hybridized carbons (Fsp3) is 0. The number of anilines is 1. The molecular weight excluding hydrogens is 316 g/mol. The van der Waals surface area contributed by atoms with Crippen molar-refractivity contribution < 1.29 is 24.0 Å². The summed E-state index contributed by atoms with van der Waals surface area (Å²) in [4.78, 5) is 33.6. The number of nitro groups is 1. The zero-order chi connectivity index (χ0) is 17.3. The third-order valence-electron chi connectivity index (χ3n) is 3.38. The summed E-state index contributed by atoms with van der Waals surface area (Å²) in [5, 5.41) is 22.7. The molecule has 0 aliphatic rings. The van der Waals surface area contributed by atoms with Gasteiger partial charge in [-0.05, 0) is 24.3 Å². The number of non-ortho nitro benzene ring substituents is 1. The summed E-state index contributed by atoms with van der Waals surface area (Å²) in [6, 6.07) is 9.69. The van der Waals surface area contributed by atoms with E-state index in [2.05, 4.69) is 5.32 Å². The number of benzene rings is 2. The number of nitrogens with zero attached hydrogens (tertiary/aromatic N) is 1. The molecule has 0 radical (unpaired) electrons. The average molecular weight is 326 g/mol. The van der Waals surface area contributed by atoms with Crippen LogP contribution in [0.5, 0.6) is 0 Å². The molecule has 2 N–H and O–H groups in total. The first-order valence-electron chi connectivity index (χ1n) is 6.76. The zero-order valence-corrected chi connectivity index (χ0v) is 12.1. The summed E-state index contributed by atoms with van der Waals surface area (Å²) in [5.41, 5.74) is 0.616. The van der Waals surface area contributed by atoms with Crippen molar-refractivity contribution in [3.8, 4) is 0 Å². The molecule has 0 spiro atoms. The number of carboxylic acids is 1. The van der Waals surface area contributed by atoms with E-state index in [1.165, 1.54) is 48.7 Å². The van der Waals surface area contributed by atoms with Crippen LogP contribution in [0.2, 0.25) is 0 Å². The fourth-order valence-electron chi connectivity index (χ4n) is 2.23. The Kier molecular flexibility index (Phi) is 3.70. The van der Waals surface area contributed by atoms with Crippen molar-refractivity contribution in [3.05, 3.63) is 70.0 Å². The molecular formula is C16H10N2O6. The molecule has 2 aromatic carbocycles. The van der Waals surface area contributed by atoms with E-state index < -0.39 is 16.8 Å². The lowest BCUT2D eigenvalue weighted by atomic mass is 10.1. The van der Waals surface area contributed by atoms with Gasteiger partial charge in [0.1, 0.15) is 11.8 Å². The molecule has 0 bridgehead atoms. The Labute approximate surface area is 134 Å². The average Bonchev–Trinajstić information content (AvgIpc) is 2.98. The van der Waals surface area contributed by atoms with Crippen LogP contribution in [0.1, 0.15) is 20.7 Å². The topological polar surface area (TPSA) is 123 Å². The van der Waals surface area contributed by atoms with E-state index >= 15 is 0 Å². The maximum atomic E-state index is 12.4. The number of rotatable bonds is 4. The van der Waals surface area contributed by atoms with Gasteiger partial charge in [-0.25, -0.2) is 4.79 Å². The molecule has 0 saturated heterocycles. The maximum absolute atomic E-state index is 12.4. The Morgan fingerprint density at radius 1 is 1.17 bits per heavy atom. The first-order chi connectivity index (χ1) is 11.5. The molecule has 0 atom stereocenters. The Morgan fingerprint density at radius 2 is 1.96 bits per heavy atom. The summed E-state index contributed by atoms with van der Waals surface area (Å²) in [6.45, 7) is 0. The zero-order valence-electron chi connectivity index (χ0n) is 12.1. The van der Waals surface area contributed by atoms with Crippen LogP contribution < -0.4 is 5.32 Å². The third kappa shape index (κ3) is 2.80. The number of carbonyl (C=O) groups is 2. The molecule has 1 amide bonds. The third-order valence-corrected chi connectivity index (χ3v) is 3.38. The molecule has 3 rings (SSSR count). The Morgan fingerprint density at radius 3 is 2.67 bits per heavy atom. The van der Waals surface area contributed by atoms with E-state index in [1.807, 2.05) is 0 Å². The molecule has 0 saturated carbocycles. The second-order valence-corrected chi connectivity index (χ2v) is 4.93. The second-order valence-electron chi connectivity index (χ2n) is 4.93. The molecule has 8 nitrogen and oxygen atoms in total. The van der Waals surface area contributed by atoms with Crippen LogP contribution in [0, 0.1) is 10.1 Å². The number of furan rings is 1. The quantitative estimate of drug-likeness (QED) is 0.560. The minimum absolute atomic E-state index is 0.0282. The van der Waals surface area contributed by atoms with Crippen LogP contribution in [0.15, 0.2) is 53.1 Å². The highest BCUT2D eigenvalue weighted by Crippen LogP contribution is 2.26. The normalized spacial score (nSPS) is 10.5. The molecule has 24 heavy (non-hydrogen) atoms. The smallest absolute Gasteiger partial charge is 0.335 e. The molecule has 0 aliphatic carbocycles. The second kappa shape index (κ2) is 5.84. The standard InChI is InChI=1S/C16H10N2O6/c19-15(17-10-3-1-2-9(6-10)16(20)21)13-8-24-14-5-4-11(18(22)23)7-12(13)14/h1-8H,(H,17,19)(H,20,21). The number of carboxylic acid groups (broad SMARTS) is 1.